The molecule has 3 amide bonds. The fraction of sp³-hybridized carbons (Fsp3) is 0.308. The second-order valence-electron chi connectivity index (χ2n) is 5.01. The highest BCUT2D eigenvalue weighted by Gasteiger charge is 2.55. The Hall–Kier alpha value is -2.21. The number of imide groups is 3. The average molecular weight is 259 g/mol. The number of nitrogen functional groups attached to an aromatic ring is 1. The Bertz CT molecular complexity index is 620. The largest absolute Gasteiger partial charge is 0.398 e. The van der Waals surface area contributed by atoms with Gasteiger partial charge in [-0.25, -0.2) is 4.90 Å². The summed E-state index contributed by atoms with van der Waals surface area (Å²) in [4.78, 5) is 37.4. The van der Waals surface area contributed by atoms with Gasteiger partial charge in [0.05, 0.1) is 16.5 Å². The van der Waals surface area contributed by atoms with E-state index >= 15 is 0 Å². The summed E-state index contributed by atoms with van der Waals surface area (Å²) in [5, 5.41) is 0. The average Bonchev–Trinajstić information content (AvgIpc) is 3.14. The first kappa shape index (κ1) is 11.9. The van der Waals surface area contributed by atoms with Gasteiger partial charge in [-0.1, -0.05) is 6.07 Å². The topological polar surface area (TPSA) is 106 Å². The van der Waals surface area contributed by atoms with Crippen LogP contribution in [-0.2, 0) is 4.79 Å². The Labute approximate surface area is 109 Å². The molecule has 1 fully saturated rings. The van der Waals surface area contributed by atoms with Crippen LogP contribution < -0.4 is 11.5 Å². The minimum atomic E-state index is -0.734. The van der Waals surface area contributed by atoms with E-state index in [1.54, 1.807) is 6.07 Å². The number of hydrogen-bond acceptors (Lipinski definition) is 5. The Morgan fingerprint density at radius 3 is 2.47 bits per heavy atom. The predicted molar refractivity (Wildman–Crippen MR) is 67.1 cm³/mol. The predicted octanol–water partition coefficient (Wildman–Crippen LogP) is 0.130. The Kier molecular flexibility index (Phi) is 2.27. The summed E-state index contributed by atoms with van der Waals surface area (Å²) in [6.45, 7) is 0.148. The maximum atomic E-state index is 12.3. The first-order valence-electron chi connectivity index (χ1n) is 6.03. The minimum absolute atomic E-state index is 0.119. The summed E-state index contributed by atoms with van der Waals surface area (Å²) < 4.78 is 0. The van der Waals surface area contributed by atoms with Crippen molar-refractivity contribution < 1.29 is 14.4 Å². The molecule has 6 nitrogen and oxygen atoms in total. The number of amides is 3. The van der Waals surface area contributed by atoms with Crippen LogP contribution in [0.1, 0.15) is 33.6 Å². The monoisotopic (exact) mass is 259 g/mol. The highest BCUT2D eigenvalue weighted by molar-refractivity contribution is 6.31. The molecule has 0 aromatic heterocycles. The minimum Gasteiger partial charge on any atom is -0.398 e. The van der Waals surface area contributed by atoms with E-state index in [4.69, 9.17) is 11.5 Å². The van der Waals surface area contributed by atoms with Crippen molar-refractivity contribution in [1.82, 2.24) is 4.90 Å². The summed E-state index contributed by atoms with van der Waals surface area (Å²) in [5.41, 5.74) is 11.1. The molecular weight excluding hydrogens is 246 g/mol. The Balaban J connectivity index is 2.04. The molecule has 1 aromatic rings. The number of nitrogens with two attached hydrogens (primary N) is 2. The molecule has 1 aliphatic carbocycles. The molecule has 0 atom stereocenters. The zero-order valence-electron chi connectivity index (χ0n) is 10.2. The highest BCUT2D eigenvalue weighted by atomic mass is 16.2. The summed E-state index contributed by atoms with van der Waals surface area (Å²) >= 11 is 0. The second kappa shape index (κ2) is 3.64. The van der Waals surface area contributed by atoms with Crippen LogP contribution in [0.2, 0.25) is 0 Å². The SMILES string of the molecule is NCC1(C(=O)N2C(=O)c3cccc(N)c3C2=O)CC1. The van der Waals surface area contributed by atoms with Gasteiger partial charge in [0, 0.05) is 12.2 Å². The molecule has 1 aromatic carbocycles. The number of carbonyl (C=O) groups is 3. The van der Waals surface area contributed by atoms with Crippen molar-refractivity contribution in [3.8, 4) is 0 Å². The molecule has 1 saturated carbocycles. The van der Waals surface area contributed by atoms with Crippen LogP contribution in [0, 0.1) is 5.41 Å². The lowest BCUT2D eigenvalue weighted by Gasteiger charge is -2.18. The molecular formula is C13H13N3O3. The summed E-state index contributed by atoms with van der Waals surface area (Å²) in [7, 11) is 0. The van der Waals surface area contributed by atoms with Gasteiger partial charge in [0.25, 0.3) is 11.8 Å². The third kappa shape index (κ3) is 1.43. The number of fused-ring (bicyclic) bond motifs is 1. The zero-order valence-corrected chi connectivity index (χ0v) is 10.2. The van der Waals surface area contributed by atoms with E-state index in [0.717, 1.165) is 0 Å². The van der Waals surface area contributed by atoms with Crippen LogP contribution in [0.15, 0.2) is 18.2 Å². The third-order valence-electron chi connectivity index (χ3n) is 3.85. The first-order valence-corrected chi connectivity index (χ1v) is 6.03. The van der Waals surface area contributed by atoms with Gasteiger partial charge in [-0.2, -0.15) is 0 Å². The van der Waals surface area contributed by atoms with Gasteiger partial charge in [0.2, 0.25) is 5.91 Å². The zero-order chi connectivity index (χ0) is 13.8. The van der Waals surface area contributed by atoms with E-state index in [1.807, 2.05) is 0 Å². The molecule has 6 heteroatoms. The molecule has 1 aliphatic heterocycles. The Morgan fingerprint density at radius 1 is 1.26 bits per heavy atom. The van der Waals surface area contributed by atoms with Gasteiger partial charge >= 0.3 is 0 Å². The second-order valence-corrected chi connectivity index (χ2v) is 5.01. The van der Waals surface area contributed by atoms with Gasteiger partial charge in [0.1, 0.15) is 0 Å². The lowest BCUT2D eigenvalue weighted by molar-refractivity contribution is -0.131. The number of hydrogen-bond donors (Lipinski definition) is 2. The molecule has 19 heavy (non-hydrogen) atoms. The van der Waals surface area contributed by atoms with Gasteiger partial charge < -0.3 is 11.5 Å². The smallest absolute Gasteiger partial charge is 0.270 e. The van der Waals surface area contributed by atoms with Crippen LogP contribution >= 0.6 is 0 Å². The van der Waals surface area contributed by atoms with E-state index in [2.05, 4.69) is 0 Å². The molecule has 0 radical (unpaired) electrons. The molecule has 0 spiro atoms. The van der Waals surface area contributed by atoms with Gasteiger partial charge in [-0.05, 0) is 25.0 Å². The summed E-state index contributed by atoms with van der Waals surface area (Å²) in [6, 6.07) is 4.62. The lowest BCUT2D eigenvalue weighted by atomic mass is 10.1. The maximum Gasteiger partial charge on any atom is 0.270 e. The standard InChI is InChI=1S/C13H13N3O3/c14-6-13(4-5-13)12(19)16-10(17)7-2-1-3-8(15)9(7)11(16)18/h1-3H,4-6,14-15H2. The molecule has 0 saturated heterocycles. The van der Waals surface area contributed by atoms with Crippen molar-refractivity contribution in [3.05, 3.63) is 29.3 Å². The van der Waals surface area contributed by atoms with Gasteiger partial charge in [-0.3, -0.25) is 14.4 Å². The van der Waals surface area contributed by atoms with Crippen molar-refractivity contribution in [1.29, 1.82) is 0 Å². The van der Waals surface area contributed by atoms with E-state index in [9.17, 15) is 14.4 Å². The van der Waals surface area contributed by atoms with Crippen molar-refractivity contribution in [2.45, 2.75) is 12.8 Å². The highest BCUT2D eigenvalue weighted by Crippen LogP contribution is 2.47. The summed E-state index contributed by atoms with van der Waals surface area (Å²) in [5.74, 6) is -1.74. The van der Waals surface area contributed by atoms with E-state index < -0.39 is 23.1 Å². The molecule has 3 rings (SSSR count). The van der Waals surface area contributed by atoms with Crippen LogP contribution in [-0.4, -0.2) is 29.2 Å². The normalized spacial score (nSPS) is 19.5. The van der Waals surface area contributed by atoms with E-state index in [0.29, 0.717) is 17.7 Å². The van der Waals surface area contributed by atoms with Gasteiger partial charge in [-0.15, -0.1) is 0 Å². The first-order chi connectivity index (χ1) is 9.02. The molecule has 0 unspecified atom stereocenters. The van der Waals surface area contributed by atoms with Crippen LogP contribution in [0.4, 0.5) is 5.69 Å². The van der Waals surface area contributed by atoms with Crippen molar-refractivity contribution >= 4 is 23.4 Å². The van der Waals surface area contributed by atoms with Gasteiger partial charge in [0.15, 0.2) is 0 Å². The van der Waals surface area contributed by atoms with E-state index in [1.165, 1.54) is 12.1 Å². The van der Waals surface area contributed by atoms with E-state index in [-0.39, 0.29) is 23.4 Å². The quantitative estimate of drug-likeness (QED) is 0.580. The molecule has 2 aliphatic rings. The molecule has 4 N–H and O–H groups in total. The fourth-order valence-electron chi connectivity index (χ4n) is 2.39. The number of rotatable bonds is 2. The van der Waals surface area contributed by atoms with Crippen LogP contribution in [0.3, 0.4) is 0 Å². The van der Waals surface area contributed by atoms with Crippen molar-refractivity contribution in [2.24, 2.45) is 11.1 Å². The van der Waals surface area contributed by atoms with Crippen LogP contribution in [0.5, 0.6) is 0 Å². The lowest BCUT2D eigenvalue weighted by Crippen LogP contribution is -2.43. The third-order valence-corrected chi connectivity index (χ3v) is 3.85. The maximum absolute atomic E-state index is 12.3. The fourth-order valence-corrected chi connectivity index (χ4v) is 2.39. The van der Waals surface area contributed by atoms with Crippen LogP contribution in [0.25, 0.3) is 0 Å². The number of carbonyl (C=O) groups excluding carboxylic acids is 3. The number of anilines is 1. The molecule has 1 heterocycles. The summed E-state index contributed by atoms with van der Waals surface area (Å²) in [6.07, 6.45) is 1.23. The Morgan fingerprint density at radius 2 is 1.95 bits per heavy atom. The van der Waals surface area contributed by atoms with Crippen molar-refractivity contribution in [3.63, 3.8) is 0 Å². The number of nitrogens with zero attached hydrogens (tertiary/aromatic N) is 1. The van der Waals surface area contributed by atoms with Crippen molar-refractivity contribution in [2.75, 3.05) is 12.3 Å². The number of benzene rings is 1. The molecule has 98 valence electrons. The molecule has 0 bridgehead atoms.